The lowest BCUT2D eigenvalue weighted by molar-refractivity contribution is -0.306. The van der Waals surface area contributed by atoms with Crippen molar-refractivity contribution in [2.75, 3.05) is 19.8 Å². The third-order valence-corrected chi connectivity index (χ3v) is 3.61. The van der Waals surface area contributed by atoms with Gasteiger partial charge in [-0.1, -0.05) is 0 Å². The van der Waals surface area contributed by atoms with Crippen LogP contribution in [0.2, 0.25) is 0 Å². The summed E-state index contributed by atoms with van der Waals surface area (Å²) in [7, 11) is 0. The van der Waals surface area contributed by atoms with Gasteiger partial charge in [-0.25, -0.2) is 0 Å². The van der Waals surface area contributed by atoms with E-state index in [0.29, 0.717) is 0 Å². The summed E-state index contributed by atoms with van der Waals surface area (Å²) in [6.07, 6.45) is -14.7. The second kappa shape index (κ2) is 9.15. The van der Waals surface area contributed by atoms with Gasteiger partial charge in [0.1, 0.15) is 48.8 Å². The Hall–Kier alpha value is -0.440. The van der Waals surface area contributed by atoms with E-state index in [-0.39, 0.29) is 0 Å². The fourth-order valence-corrected chi connectivity index (χ4v) is 2.06. The highest BCUT2D eigenvalue weighted by Crippen LogP contribution is 2.22. The van der Waals surface area contributed by atoms with E-state index in [1.807, 2.05) is 0 Å². The molecule has 9 atom stereocenters. The molecule has 1 aliphatic rings. The number of rotatable bonds is 8. The molecule has 0 radical (unpaired) electrons. The summed E-state index contributed by atoms with van der Waals surface area (Å²) in [5.41, 5.74) is 0. The normalized spacial score (nSPS) is 37.2. The van der Waals surface area contributed by atoms with E-state index in [1.54, 1.807) is 0 Å². The average Bonchev–Trinajstić information content (AvgIpc) is 2.56. The summed E-state index contributed by atoms with van der Waals surface area (Å²) < 4.78 is 9.99. The van der Waals surface area contributed by atoms with E-state index < -0.39 is 74.9 Å². The maximum absolute atomic E-state index is 9.70. The van der Waals surface area contributed by atoms with Crippen LogP contribution < -0.4 is 0 Å². The molecule has 0 spiro atoms. The fourth-order valence-electron chi connectivity index (χ4n) is 2.06. The summed E-state index contributed by atoms with van der Waals surface area (Å²) >= 11 is 0. The Labute approximate surface area is 131 Å². The summed E-state index contributed by atoms with van der Waals surface area (Å²) in [6, 6.07) is 0. The minimum atomic E-state index is -1.86. The smallest absolute Gasteiger partial charge is 0.186 e. The van der Waals surface area contributed by atoms with Crippen LogP contribution in [0.25, 0.3) is 0 Å². The standard InChI is InChI=1S/C12H24O11/c13-1-4(15)7(17)8(18)5(16)3-22-12-11(21)10(20)9(19)6(2-14)23-12/h4-21H,1-3H2/t4-,5-,6-,7+,8-,9-,10+,11-,12+/m1/s1. The molecule has 0 amide bonds. The highest BCUT2D eigenvalue weighted by Gasteiger charge is 2.44. The van der Waals surface area contributed by atoms with Gasteiger partial charge in [0.05, 0.1) is 19.8 Å². The maximum Gasteiger partial charge on any atom is 0.186 e. The van der Waals surface area contributed by atoms with Crippen molar-refractivity contribution in [2.24, 2.45) is 0 Å². The fraction of sp³-hybridized carbons (Fsp3) is 1.00. The second-order valence-electron chi connectivity index (χ2n) is 5.33. The van der Waals surface area contributed by atoms with E-state index in [4.69, 9.17) is 19.7 Å². The summed E-state index contributed by atoms with van der Waals surface area (Å²) in [6.45, 7) is -2.16. The Morgan fingerprint density at radius 2 is 1.39 bits per heavy atom. The molecule has 1 fully saturated rings. The lowest BCUT2D eigenvalue weighted by Gasteiger charge is -2.40. The van der Waals surface area contributed by atoms with Gasteiger partial charge in [0.15, 0.2) is 6.29 Å². The Morgan fingerprint density at radius 3 is 1.91 bits per heavy atom. The number of aliphatic hydroxyl groups is 9. The SMILES string of the molecule is OC[C@@H](O)[C@H](O)[C@H](O)[C@H](O)CO[C@H]1O[C@H](CO)[C@@H](O)[C@H](O)[C@H]1O. The summed E-state index contributed by atoms with van der Waals surface area (Å²) in [5.74, 6) is 0. The van der Waals surface area contributed by atoms with E-state index in [1.165, 1.54) is 0 Å². The highest BCUT2D eigenvalue weighted by molar-refractivity contribution is 4.89. The van der Waals surface area contributed by atoms with Crippen LogP contribution in [0.1, 0.15) is 0 Å². The van der Waals surface area contributed by atoms with Crippen molar-refractivity contribution < 1.29 is 55.4 Å². The van der Waals surface area contributed by atoms with E-state index >= 15 is 0 Å². The molecule has 0 aromatic carbocycles. The lowest BCUT2D eigenvalue weighted by atomic mass is 9.99. The van der Waals surface area contributed by atoms with Crippen molar-refractivity contribution in [3.63, 3.8) is 0 Å². The predicted molar refractivity (Wildman–Crippen MR) is 70.8 cm³/mol. The first kappa shape index (κ1) is 20.6. The minimum absolute atomic E-state index is 0.655. The maximum atomic E-state index is 9.70. The van der Waals surface area contributed by atoms with Crippen LogP contribution in [-0.4, -0.2) is 121 Å². The molecule has 138 valence electrons. The van der Waals surface area contributed by atoms with E-state index in [0.717, 1.165) is 0 Å². The van der Waals surface area contributed by atoms with Gasteiger partial charge in [-0.3, -0.25) is 0 Å². The van der Waals surface area contributed by atoms with Crippen LogP contribution in [-0.2, 0) is 9.47 Å². The predicted octanol–water partition coefficient (Wildman–Crippen LogP) is -5.76. The van der Waals surface area contributed by atoms with Gasteiger partial charge in [-0.2, -0.15) is 0 Å². The third kappa shape index (κ3) is 5.01. The van der Waals surface area contributed by atoms with Gasteiger partial charge < -0.3 is 55.4 Å². The largest absolute Gasteiger partial charge is 0.394 e. The highest BCUT2D eigenvalue weighted by atomic mass is 16.7. The second-order valence-corrected chi connectivity index (χ2v) is 5.33. The van der Waals surface area contributed by atoms with Crippen molar-refractivity contribution in [3.8, 4) is 0 Å². The molecule has 23 heavy (non-hydrogen) atoms. The molecule has 1 heterocycles. The van der Waals surface area contributed by atoms with Crippen LogP contribution in [0.4, 0.5) is 0 Å². The van der Waals surface area contributed by atoms with Crippen LogP contribution in [0, 0.1) is 0 Å². The number of ether oxygens (including phenoxy) is 2. The molecule has 0 aromatic heterocycles. The average molecular weight is 344 g/mol. The van der Waals surface area contributed by atoms with Gasteiger partial charge in [0.2, 0.25) is 0 Å². The van der Waals surface area contributed by atoms with Gasteiger partial charge in [-0.15, -0.1) is 0 Å². The molecule has 1 aliphatic heterocycles. The van der Waals surface area contributed by atoms with Crippen molar-refractivity contribution >= 4 is 0 Å². The first-order valence-corrected chi connectivity index (χ1v) is 6.99. The zero-order chi connectivity index (χ0) is 17.7. The van der Waals surface area contributed by atoms with E-state index in [9.17, 15) is 35.7 Å². The van der Waals surface area contributed by atoms with Gasteiger partial charge in [-0.05, 0) is 0 Å². The Bertz CT molecular complexity index is 341. The molecular weight excluding hydrogens is 320 g/mol. The molecule has 11 nitrogen and oxygen atoms in total. The zero-order valence-corrected chi connectivity index (χ0v) is 12.2. The van der Waals surface area contributed by atoms with Gasteiger partial charge in [0.25, 0.3) is 0 Å². The van der Waals surface area contributed by atoms with Crippen molar-refractivity contribution in [1.82, 2.24) is 0 Å². The first-order valence-electron chi connectivity index (χ1n) is 6.99. The number of hydrogen-bond acceptors (Lipinski definition) is 11. The molecule has 9 N–H and O–H groups in total. The number of hydrogen-bond donors (Lipinski definition) is 9. The quantitative estimate of drug-likeness (QED) is 0.203. The van der Waals surface area contributed by atoms with Gasteiger partial charge in [0, 0.05) is 0 Å². The number of aliphatic hydroxyl groups excluding tert-OH is 9. The summed E-state index contributed by atoms with van der Waals surface area (Å²) in [5, 5.41) is 84.4. The monoisotopic (exact) mass is 344 g/mol. The molecule has 0 unspecified atom stereocenters. The Balaban J connectivity index is 2.55. The van der Waals surface area contributed by atoms with Crippen molar-refractivity contribution in [3.05, 3.63) is 0 Å². The molecular formula is C12H24O11. The molecule has 1 saturated heterocycles. The topological polar surface area (TPSA) is 201 Å². The van der Waals surface area contributed by atoms with E-state index in [2.05, 4.69) is 0 Å². The zero-order valence-electron chi connectivity index (χ0n) is 12.2. The first-order chi connectivity index (χ1) is 10.7. The van der Waals surface area contributed by atoms with Crippen molar-refractivity contribution in [2.45, 2.75) is 55.1 Å². The lowest BCUT2D eigenvalue weighted by Crippen LogP contribution is -2.59. The molecule has 11 heteroatoms. The summed E-state index contributed by atoms with van der Waals surface area (Å²) in [4.78, 5) is 0. The molecule has 1 rings (SSSR count). The Kier molecular flexibility index (Phi) is 8.20. The van der Waals surface area contributed by atoms with Crippen molar-refractivity contribution in [1.29, 1.82) is 0 Å². The molecule has 0 saturated carbocycles. The minimum Gasteiger partial charge on any atom is -0.394 e. The van der Waals surface area contributed by atoms with Crippen LogP contribution in [0.15, 0.2) is 0 Å². The Morgan fingerprint density at radius 1 is 0.826 bits per heavy atom. The van der Waals surface area contributed by atoms with Crippen LogP contribution in [0.3, 0.4) is 0 Å². The van der Waals surface area contributed by atoms with Gasteiger partial charge >= 0.3 is 0 Å². The van der Waals surface area contributed by atoms with Crippen LogP contribution >= 0.6 is 0 Å². The molecule has 0 aliphatic carbocycles. The molecule has 0 aromatic rings. The van der Waals surface area contributed by atoms with Crippen LogP contribution in [0.5, 0.6) is 0 Å². The molecule has 0 bridgehead atoms. The third-order valence-electron chi connectivity index (χ3n) is 3.61.